The van der Waals surface area contributed by atoms with Gasteiger partial charge < -0.3 is 0 Å². The molecule has 1 aliphatic carbocycles. The highest BCUT2D eigenvalue weighted by Gasteiger charge is 2.53. The van der Waals surface area contributed by atoms with Crippen LogP contribution in [0.4, 0.5) is 5.69 Å². The lowest BCUT2D eigenvalue weighted by molar-refractivity contribution is -0.125. The predicted molar refractivity (Wildman–Crippen MR) is 69.2 cm³/mol. The van der Waals surface area contributed by atoms with Gasteiger partial charge in [0, 0.05) is 6.42 Å². The quantitative estimate of drug-likeness (QED) is 0.711. The van der Waals surface area contributed by atoms with E-state index < -0.39 is 0 Å². The number of benzene rings is 1. The molecule has 2 amide bonds. The molecule has 1 aromatic rings. The maximum absolute atomic E-state index is 12.6. The van der Waals surface area contributed by atoms with Crippen molar-refractivity contribution in [1.29, 1.82) is 0 Å². The van der Waals surface area contributed by atoms with Crippen LogP contribution in [0.5, 0.6) is 0 Å². The third kappa shape index (κ3) is 1.50. The van der Waals surface area contributed by atoms with Gasteiger partial charge in [-0.3, -0.25) is 9.59 Å². The zero-order valence-corrected chi connectivity index (χ0v) is 10.6. The van der Waals surface area contributed by atoms with E-state index in [2.05, 4.69) is 0 Å². The van der Waals surface area contributed by atoms with Gasteiger partial charge >= 0.3 is 0 Å². The van der Waals surface area contributed by atoms with Gasteiger partial charge in [-0.1, -0.05) is 31.0 Å². The zero-order valence-electron chi connectivity index (χ0n) is 10.6. The van der Waals surface area contributed by atoms with E-state index in [0.717, 1.165) is 36.9 Å². The van der Waals surface area contributed by atoms with Crippen molar-refractivity contribution >= 4 is 17.5 Å². The number of anilines is 1. The van der Waals surface area contributed by atoms with E-state index in [-0.39, 0.29) is 17.2 Å². The minimum Gasteiger partial charge on any atom is -0.274 e. The molecule has 18 heavy (non-hydrogen) atoms. The number of carbonyl (C=O) groups excluding carboxylic acids is 2. The van der Waals surface area contributed by atoms with E-state index in [0.29, 0.717) is 6.42 Å². The van der Waals surface area contributed by atoms with Crippen molar-refractivity contribution < 1.29 is 9.59 Å². The van der Waals surface area contributed by atoms with Crippen LogP contribution in [0.1, 0.15) is 37.7 Å². The molecule has 0 atom stereocenters. The number of rotatable bonds is 1. The van der Waals surface area contributed by atoms with Crippen molar-refractivity contribution in [2.75, 3.05) is 4.90 Å². The number of carbonyl (C=O) groups is 2. The van der Waals surface area contributed by atoms with E-state index in [9.17, 15) is 9.59 Å². The minimum absolute atomic E-state index is 0.0271. The Balaban J connectivity index is 2.01. The normalized spacial score (nSPS) is 22.2. The second kappa shape index (κ2) is 3.94. The topological polar surface area (TPSA) is 37.4 Å². The Morgan fingerprint density at radius 2 is 1.78 bits per heavy atom. The van der Waals surface area contributed by atoms with Crippen LogP contribution in [0, 0.1) is 12.3 Å². The van der Waals surface area contributed by atoms with E-state index in [1.165, 1.54) is 4.90 Å². The van der Waals surface area contributed by atoms with Gasteiger partial charge in [0.15, 0.2) is 0 Å². The Morgan fingerprint density at radius 1 is 1.11 bits per heavy atom. The summed E-state index contributed by atoms with van der Waals surface area (Å²) in [7, 11) is 0. The van der Waals surface area contributed by atoms with Crippen molar-refractivity contribution in [3.63, 3.8) is 0 Å². The monoisotopic (exact) mass is 243 g/mol. The molecular formula is C15H17NO2. The number of para-hydroxylation sites is 1. The van der Waals surface area contributed by atoms with Crippen molar-refractivity contribution in [2.24, 2.45) is 5.41 Å². The first-order valence-corrected chi connectivity index (χ1v) is 6.57. The highest BCUT2D eigenvalue weighted by Crippen LogP contribution is 2.48. The molecule has 0 radical (unpaired) electrons. The lowest BCUT2D eigenvalue weighted by Crippen LogP contribution is -2.34. The Hall–Kier alpha value is -1.64. The Kier molecular flexibility index (Phi) is 2.51. The van der Waals surface area contributed by atoms with Crippen LogP contribution in [0.2, 0.25) is 0 Å². The van der Waals surface area contributed by atoms with Gasteiger partial charge in [-0.15, -0.1) is 0 Å². The van der Waals surface area contributed by atoms with Crippen LogP contribution in [0.3, 0.4) is 0 Å². The molecule has 3 nitrogen and oxygen atoms in total. The van der Waals surface area contributed by atoms with Crippen molar-refractivity contribution in [3.8, 4) is 0 Å². The van der Waals surface area contributed by atoms with Crippen molar-refractivity contribution in [1.82, 2.24) is 0 Å². The van der Waals surface area contributed by atoms with Gasteiger partial charge in [0.1, 0.15) is 0 Å². The van der Waals surface area contributed by atoms with Gasteiger partial charge in [0.05, 0.1) is 11.1 Å². The molecule has 2 fully saturated rings. The summed E-state index contributed by atoms with van der Waals surface area (Å²) in [5, 5.41) is 0. The lowest BCUT2D eigenvalue weighted by Gasteiger charge is -2.21. The first-order chi connectivity index (χ1) is 8.64. The molecule has 0 unspecified atom stereocenters. The number of hydrogen-bond donors (Lipinski definition) is 0. The molecule has 0 bridgehead atoms. The number of imide groups is 1. The largest absolute Gasteiger partial charge is 0.274 e. The van der Waals surface area contributed by atoms with Gasteiger partial charge in [0.25, 0.3) is 0 Å². The fourth-order valence-corrected chi connectivity index (χ4v) is 3.30. The van der Waals surface area contributed by atoms with Crippen LogP contribution >= 0.6 is 0 Å². The molecule has 0 N–H and O–H groups in total. The fraction of sp³-hybridized carbons (Fsp3) is 0.467. The molecular weight excluding hydrogens is 226 g/mol. The minimum atomic E-state index is -0.376. The highest BCUT2D eigenvalue weighted by atomic mass is 16.2. The maximum Gasteiger partial charge on any atom is 0.240 e. The molecule has 1 aliphatic heterocycles. The molecule has 3 rings (SSSR count). The van der Waals surface area contributed by atoms with Crippen LogP contribution < -0.4 is 4.90 Å². The second-order valence-corrected chi connectivity index (χ2v) is 5.49. The van der Waals surface area contributed by atoms with E-state index in [4.69, 9.17) is 0 Å². The molecule has 94 valence electrons. The Labute approximate surface area is 107 Å². The molecule has 1 aromatic carbocycles. The summed E-state index contributed by atoms with van der Waals surface area (Å²) in [4.78, 5) is 26.2. The van der Waals surface area contributed by atoms with Crippen LogP contribution in [0.25, 0.3) is 0 Å². The van der Waals surface area contributed by atoms with E-state index >= 15 is 0 Å². The summed E-state index contributed by atoms with van der Waals surface area (Å²) in [6, 6.07) is 7.60. The Bertz CT molecular complexity index is 515. The molecule has 0 aromatic heterocycles. The third-order valence-corrected chi connectivity index (χ3v) is 4.31. The van der Waals surface area contributed by atoms with Crippen LogP contribution in [-0.4, -0.2) is 11.8 Å². The van der Waals surface area contributed by atoms with Crippen molar-refractivity contribution in [3.05, 3.63) is 29.8 Å². The average Bonchev–Trinajstić information content (AvgIpc) is 2.89. The predicted octanol–water partition coefficient (Wildman–Crippen LogP) is 2.82. The lowest BCUT2D eigenvalue weighted by atomic mass is 9.84. The molecule has 2 aliphatic rings. The zero-order chi connectivity index (χ0) is 12.8. The summed E-state index contributed by atoms with van der Waals surface area (Å²) in [5.74, 6) is -0.00417. The Morgan fingerprint density at radius 3 is 2.44 bits per heavy atom. The highest BCUT2D eigenvalue weighted by molar-refractivity contribution is 6.23. The first-order valence-electron chi connectivity index (χ1n) is 6.57. The van der Waals surface area contributed by atoms with Gasteiger partial charge in [-0.05, 0) is 31.4 Å². The number of hydrogen-bond acceptors (Lipinski definition) is 2. The average molecular weight is 243 g/mol. The number of amides is 2. The van der Waals surface area contributed by atoms with Gasteiger partial charge in [0.2, 0.25) is 11.8 Å². The second-order valence-electron chi connectivity index (χ2n) is 5.49. The summed E-state index contributed by atoms with van der Waals surface area (Å²) >= 11 is 0. The summed E-state index contributed by atoms with van der Waals surface area (Å²) in [6.07, 6.45) is 4.29. The van der Waals surface area contributed by atoms with E-state index in [1.54, 1.807) is 0 Å². The van der Waals surface area contributed by atoms with Crippen LogP contribution in [-0.2, 0) is 9.59 Å². The third-order valence-electron chi connectivity index (χ3n) is 4.31. The van der Waals surface area contributed by atoms with Crippen molar-refractivity contribution in [2.45, 2.75) is 39.0 Å². The summed E-state index contributed by atoms with van der Waals surface area (Å²) in [5.41, 5.74) is 1.37. The van der Waals surface area contributed by atoms with Gasteiger partial charge in [-0.2, -0.15) is 0 Å². The molecule has 1 heterocycles. The standard InChI is InChI=1S/C15H17NO2/c1-11-6-2-3-7-12(11)16-13(17)10-15(14(16)18)8-4-5-9-15/h2-3,6-7H,4-5,8-10H2,1H3. The SMILES string of the molecule is Cc1ccccc1N1C(=O)CC2(CCCC2)C1=O. The smallest absolute Gasteiger partial charge is 0.240 e. The summed E-state index contributed by atoms with van der Waals surface area (Å²) < 4.78 is 0. The van der Waals surface area contributed by atoms with Gasteiger partial charge in [-0.25, -0.2) is 4.90 Å². The fourth-order valence-electron chi connectivity index (χ4n) is 3.30. The van der Waals surface area contributed by atoms with Crippen LogP contribution in [0.15, 0.2) is 24.3 Å². The first kappa shape index (κ1) is 11.5. The summed E-state index contributed by atoms with van der Waals surface area (Å²) in [6.45, 7) is 1.94. The number of nitrogens with zero attached hydrogens (tertiary/aromatic N) is 1. The maximum atomic E-state index is 12.6. The van der Waals surface area contributed by atoms with E-state index in [1.807, 2.05) is 31.2 Å². The molecule has 1 saturated heterocycles. The molecule has 1 saturated carbocycles. The molecule has 3 heteroatoms. The molecule has 1 spiro atoms. The number of aryl methyl sites for hydroxylation is 1.